The van der Waals surface area contributed by atoms with Crippen molar-refractivity contribution in [2.24, 2.45) is 0 Å². The average molecular weight is 289 g/mol. The Kier molecular flexibility index (Phi) is 5.07. The Morgan fingerprint density at radius 3 is 2.71 bits per heavy atom. The number of anilines is 1. The molecule has 0 atom stereocenters. The highest BCUT2D eigenvalue weighted by Crippen LogP contribution is 2.32. The molecule has 4 heteroatoms. The molecular formula is C17H27N3O. The average Bonchev–Trinajstić information content (AvgIpc) is 2.81. The molecule has 1 aromatic rings. The number of aromatic nitrogens is 2. The lowest BCUT2D eigenvalue weighted by Crippen LogP contribution is -2.19. The number of rotatable bonds is 4. The van der Waals surface area contributed by atoms with E-state index >= 15 is 0 Å². The molecule has 1 aliphatic carbocycles. The zero-order valence-corrected chi connectivity index (χ0v) is 13.2. The van der Waals surface area contributed by atoms with E-state index in [0.29, 0.717) is 12.5 Å². The second-order valence-electron chi connectivity index (χ2n) is 6.27. The maximum absolute atomic E-state index is 5.60. The summed E-state index contributed by atoms with van der Waals surface area (Å²) < 4.78 is 5.60. The third-order valence-corrected chi connectivity index (χ3v) is 4.60. The molecule has 0 spiro atoms. The van der Waals surface area contributed by atoms with Gasteiger partial charge in [0.15, 0.2) is 0 Å². The van der Waals surface area contributed by atoms with Crippen molar-refractivity contribution in [1.29, 1.82) is 0 Å². The summed E-state index contributed by atoms with van der Waals surface area (Å²) in [6, 6.07) is 0. The van der Waals surface area contributed by atoms with Crippen LogP contribution in [0.3, 0.4) is 0 Å². The SMILES string of the molecule is CCCNc1nc(C2CCCCCC2)nc2c1COCC2. The van der Waals surface area contributed by atoms with E-state index in [0.717, 1.165) is 37.6 Å². The maximum atomic E-state index is 5.60. The summed E-state index contributed by atoms with van der Waals surface area (Å²) in [6.45, 7) is 4.60. The monoisotopic (exact) mass is 289 g/mol. The summed E-state index contributed by atoms with van der Waals surface area (Å²) in [5, 5.41) is 3.49. The van der Waals surface area contributed by atoms with Gasteiger partial charge >= 0.3 is 0 Å². The van der Waals surface area contributed by atoms with Gasteiger partial charge in [-0.15, -0.1) is 0 Å². The smallest absolute Gasteiger partial charge is 0.135 e. The van der Waals surface area contributed by atoms with Crippen molar-refractivity contribution >= 4 is 5.82 Å². The van der Waals surface area contributed by atoms with Gasteiger partial charge in [0, 0.05) is 24.4 Å². The van der Waals surface area contributed by atoms with Gasteiger partial charge in [-0.25, -0.2) is 9.97 Å². The van der Waals surface area contributed by atoms with E-state index in [2.05, 4.69) is 12.2 Å². The molecule has 0 amide bonds. The first-order valence-corrected chi connectivity index (χ1v) is 8.59. The highest BCUT2D eigenvalue weighted by Gasteiger charge is 2.23. The Morgan fingerprint density at radius 2 is 1.95 bits per heavy atom. The van der Waals surface area contributed by atoms with E-state index in [9.17, 15) is 0 Å². The van der Waals surface area contributed by atoms with Crippen LogP contribution in [0.2, 0.25) is 0 Å². The first kappa shape index (κ1) is 14.8. The van der Waals surface area contributed by atoms with Crippen LogP contribution in [0.15, 0.2) is 0 Å². The molecule has 116 valence electrons. The van der Waals surface area contributed by atoms with Crippen molar-refractivity contribution in [3.05, 3.63) is 17.1 Å². The van der Waals surface area contributed by atoms with Crippen LogP contribution in [0.1, 0.15) is 74.9 Å². The number of nitrogens with one attached hydrogen (secondary N) is 1. The second-order valence-corrected chi connectivity index (χ2v) is 6.27. The summed E-state index contributed by atoms with van der Waals surface area (Å²) in [6.07, 6.45) is 9.94. The number of hydrogen-bond acceptors (Lipinski definition) is 4. The van der Waals surface area contributed by atoms with E-state index < -0.39 is 0 Å². The van der Waals surface area contributed by atoms with E-state index in [1.54, 1.807) is 0 Å². The minimum absolute atomic E-state index is 0.558. The van der Waals surface area contributed by atoms with Crippen LogP contribution in [-0.2, 0) is 17.8 Å². The summed E-state index contributed by atoms with van der Waals surface area (Å²) in [4.78, 5) is 9.80. The van der Waals surface area contributed by atoms with Crippen LogP contribution >= 0.6 is 0 Å². The maximum Gasteiger partial charge on any atom is 0.135 e. The van der Waals surface area contributed by atoms with Crippen molar-refractivity contribution in [1.82, 2.24) is 9.97 Å². The largest absolute Gasteiger partial charge is 0.376 e. The standard InChI is InChI=1S/C17H27N3O/c1-2-10-18-17-14-12-21-11-9-15(14)19-16(20-17)13-7-5-3-4-6-8-13/h13H,2-12H2,1H3,(H,18,19,20). The first-order chi connectivity index (χ1) is 10.4. The van der Waals surface area contributed by atoms with Crippen molar-refractivity contribution < 1.29 is 4.74 Å². The molecule has 0 aromatic carbocycles. The summed E-state index contributed by atoms with van der Waals surface area (Å²) in [5.41, 5.74) is 2.40. The predicted octanol–water partition coefficient (Wildman–Crippen LogP) is 3.81. The van der Waals surface area contributed by atoms with Crippen molar-refractivity contribution in [2.75, 3.05) is 18.5 Å². The molecule has 2 aliphatic rings. The Bertz CT molecular complexity index is 467. The van der Waals surface area contributed by atoms with Gasteiger partial charge in [0.25, 0.3) is 0 Å². The van der Waals surface area contributed by atoms with E-state index in [4.69, 9.17) is 14.7 Å². The Hall–Kier alpha value is -1.16. The highest BCUT2D eigenvalue weighted by atomic mass is 16.5. The molecule has 1 saturated carbocycles. The van der Waals surface area contributed by atoms with Crippen LogP contribution in [0.25, 0.3) is 0 Å². The molecule has 1 N–H and O–H groups in total. The van der Waals surface area contributed by atoms with Crippen LogP contribution in [-0.4, -0.2) is 23.1 Å². The lowest BCUT2D eigenvalue weighted by molar-refractivity contribution is 0.109. The van der Waals surface area contributed by atoms with Gasteiger partial charge in [-0.05, 0) is 19.3 Å². The Labute approximate surface area is 127 Å². The van der Waals surface area contributed by atoms with Gasteiger partial charge in [-0.3, -0.25) is 0 Å². The second kappa shape index (κ2) is 7.21. The molecular weight excluding hydrogens is 262 g/mol. The third-order valence-electron chi connectivity index (χ3n) is 4.60. The summed E-state index contributed by atoms with van der Waals surface area (Å²) in [5.74, 6) is 2.67. The van der Waals surface area contributed by atoms with Gasteiger partial charge in [0.2, 0.25) is 0 Å². The van der Waals surface area contributed by atoms with E-state index in [1.807, 2.05) is 0 Å². The van der Waals surface area contributed by atoms with Crippen molar-refractivity contribution in [3.8, 4) is 0 Å². The van der Waals surface area contributed by atoms with E-state index in [1.165, 1.54) is 49.8 Å². The Balaban J connectivity index is 1.88. The van der Waals surface area contributed by atoms with Crippen molar-refractivity contribution in [2.45, 2.75) is 70.8 Å². The van der Waals surface area contributed by atoms with Gasteiger partial charge < -0.3 is 10.1 Å². The van der Waals surface area contributed by atoms with Crippen LogP contribution in [0.4, 0.5) is 5.82 Å². The minimum Gasteiger partial charge on any atom is -0.376 e. The van der Waals surface area contributed by atoms with Crippen LogP contribution < -0.4 is 5.32 Å². The fourth-order valence-corrected chi connectivity index (χ4v) is 3.36. The zero-order valence-electron chi connectivity index (χ0n) is 13.2. The highest BCUT2D eigenvalue weighted by molar-refractivity contribution is 5.47. The minimum atomic E-state index is 0.558. The molecule has 0 radical (unpaired) electrons. The van der Waals surface area contributed by atoms with Gasteiger partial charge in [-0.2, -0.15) is 0 Å². The number of nitrogens with zero attached hydrogens (tertiary/aromatic N) is 2. The number of fused-ring (bicyclic) bond motifs is 1. The van der Waals surface area contributed by atoms with Crippen LogP contribution in [0.5, 0.6) is 0 Å². The summed E-state index contributed by atoms with van der Waals surface area (Å²) >= 11 is 0. The zero-order chi connectivity index (χ0) is 14.5. The summed E-state index contributed by atoms with van der Waals surface area (Å²) in [7, 11) is 0. The molecule has 4 nitrogen and oxygen atoms in total. The van der Waals surface area contributed by atoms with Gasteiger partial charge in [-0.1, -0.05) is 32.6 Å². The molecule has 0 unspecified atom stereocenters. The normalized spacial score (nSPS) is 19.9. The quantitative estimate of drug-likeness (QED) is 0.856. The fraction of sp³-hybridized carbons (Fsp3) is 0.765. The molecule has 21 heavy (non-hydrogen) atoms. The molecule has 1 aliphatic heterocycles. The lowest BCUT2D eigenvalue weighted by atomic mass is 9.98. The van der Waals surface area contributed by atoms with Gasteiger partial charge in [0.05, 0.1) is 18.9 Å². The molecule has 3 rings (SSSR count). The predicted molar refractivity (Wildman–Crippen MR) is 84.6 cm³/mol. The number of hydrogen-bond donors (Lipinski definition) is 1. The molecule has 0 bridgehead atoms. The lowest BCUT2D eigenvalue weighted by Gasteiger charge is -2.22. The fourth-order valence-electron chi connectivity index (χ4n) is 3.36. The Morgan fingerprint density at radius 1 is 1.14 bits per heavy atom. The molecule has 0 saturated heterocycles. The number of ether oxygens (including phenoxy) is 1. The molecule has 2 heterocycles. The molecule has 1 fully saturated rings. The van der Waals surface area contributed by atoms with Gasteiger partial charge in [0.1, 0.15) is 11.6 Å². The first-order valence-electron chi connectivity index (χ1n) is 8.59. The third kappa shape index (κ3) is 3.54. The van der Waals surface area contributed by atoms with Crippen molar-refractivity contribution in [3.63, 3.8) is 0 Å². The molecule has 1 aromatic heterocycles. The van der Waals surface area contributed by atoms with Crippen LogP contribution in [0, 0.1) is 0 Å². The van der Waals surface area contributed by atoms with E-state index in [-0.39, 0.29) is 0 Å². The topological polar surface area (TPSA) is 47.0 Å².